The molecule has 1 atom stereocenters. The van der Waals surface area contributed by atoms with Crippen LogP contribution in [0.2, 0.25) is 0 Å². The number of hydrogen-bond donors (Lipinski definition) is 4. The molecule has 3 rings (SSSR count). The third-order valence-corrected chi connectivity index (χ3v) is 5.36. The average Bonchev–Trinajstić information content (AvgIpc) is 2.98. The number of anilines is 2. The number of amides is 2. The van der Waals surface area contributed by atoms with Crippen molar-refractivity contribution in [3.63, 3.8) is 0 Å². The van der Waals surface area contributed by atoms with Gasteiger partial charge in [-0.05, 0) is 69.9 Å². The van der Waals surface area contributed by atoms with E-state index in [-0.39, 0.29) is 17.6 Å². The second-order valence-electron chi connectivity index (χ2n) is 7.74. The zero-order valence-electron chi connectivity index (χ0n) is 18.0. The standard InChI is InChI=1S/C21H27F3N6O3/c22-21(23,24)33-17-7-2-1-6-16(17)27-20(32)29-19-26-13-15(18(31)28-19)14-5-3-10-30(12-8-14)11-4-9-25/h1-2,6-7,13-14H,3-5,8-12,25H2,(H3,26,27,28,29,31,32). The van der Waals surface area contributed by atoms with E-state index < -0.39 is 23.7 Å². The van der Waals surface area contributed by atoms with Crippen molar-refractivity contribution in [3.05, 3.63) is 46.4 Å². The monoisotopic (exact) mass is 468 g/mol. The van der Waals surface area contributed by atoms with Crippen LogP contribution in [0.5, 0.6) is 5.75 Å². The predicted molar refractivity (Wildman–Crippen MR) is 117 cm³/mol. The van der Waals surface area contributed by atoms with Crippen LogP contribution in [0.4, 0.5) is 29.6 Å². The van der Waals surface area contributed by atoms with Crippen molar-refractivity contribution < 1.29 is 22.7 Å². The number of H-pyrrole nitrogens is 1. The zero-order valence-corrected chi connectivity index (χ0v) is 18.0. The number of nitrogens with one attached hydrogen (secondary N) is 3. The van der Waals surface area contributed by atoms with Gasteiger partial charge in [0, 0.05) is 11.8 Å². The molecule has 1 saturated heterocycles. The maximum atomic E-state index is 12.6. The molecule has 12 heteroatoms. The first-order chi connectivity index (χ1) is 15.7. The smallest absolute Gasteiger partial charge is 0.404 e. The number of nitrogens with zero attached hydrogens (tertiary/aromatic N) is 2. The molecular formula is C21H27F3N6O3. The lowest BCUT2D eigenvalue weighted by Gasteiger charge is -2.19. The third-order valence-electron chi connectivity index (χ3n) is 5.36. The molecule has 5 N–H and O–H groups in total. The normalized spacial score (nSPS) is 17.3. The SMILES string of the molecule is NCCCN1CCCC(c2c[nH]c(NC(=O)Nc3ccccc3OC(F)(F)F)nc2=O)CC1. The van der Waals surface area contributed by atoms with Crippen LogP contribution in [0.25, 0.3) is 0 Å². The summed E-state index contributed by atoms with van der Waals surface area (Å²) in [5.41, 5.74) is 5.48. The number of hydrogen-bond acceptors (Lipinski definition) is 6. The first kappa shape index (κ1) is 24.5. The van der Waals surface area contributed by atoms with Crippen molar-refractivity contribution in [2.45, 2.75) is 38.0 Å². The highest BCUT2D eigenvalue weighted by molar-refractivity contribution is 5.99. The number of nitrogens with two attached hydrogens (primary N) is 1. The van der Waals surface area contributed by atoms with Crippen molar-refractivity contribution in [1.29, 1.82) is 0 Å². The summed E-state index contributed by atoms with van der Waals surface area (Å²) >= 11 is 0. The molecule has 33 heavy (non-hydrogen) atoms. The van der Waals surface area contributed by atoms with Gasteiger partial charge in [-0.2, -0.15) is 4.98 Å². The molecule has 2 amide bonds. The third kappa shape index (κ3) is 7.46. The molecular weight excluding hydrogens is 441 g/mol. The lowest BCUT2D eigenvalue weighted by Crippen LogP contribution is -2.28. The van der Waals surface area contributed by atoms with E-state index in [1.165, 1.54) is 24.4 Å². The average molecular weight is 468 g/mol. The molecule has 1 aliphatic rings. The molecule has 180 valence electrons. The molecule has 1 aliphatic heterocycles. The molecule has 1 unspecified atom stereocenters. The fourth-order valence-electron chi connectivity index (χ4n) is 3.81. The number of aromatic amines is 1. The van der Waals surface area contributed by atoms with Crippen LogP contribution in [0, 0.1) is 0 Å². The summed E-state index contributed by atoms with van der Waals surface area (Å²) in [5.74, 6) is -0.627. The van der Waals surface area contributed by atoms with Crippen LogP contribution in [-0.4, -0.2) is 53.4 Å². The van der Waals surface area contributed by atoms with E-state index >= 15 is 0 Å². The summed E-state index contributed by atoms with van der Waals surface area (Å²) in [6.07, 6.45) is 0.187. The Labute approximate surface area is 188 Å². The fourth-order valence-corrected chi connectivity index (χ4v) is 3.81. The van der Waals surface area contributed by atoms with Gasteiger partial charge < -0.3 is 25.7 Å². The van der Waals surface area contributed by atoms with Gasteiger partial charge >= 0.3 is 12.4 Å². The van der Waals surface area contributed by atoms with Crippen molar-refractivity contribution >= 4 is 17.7 Å². The van der Waals surface area contributed by atoms with Crippen LogP contribution >= 0.6 is 0 Å². The van der Waals surface area contributed by atoms with Gasteiger partial charge in [0.1, 0.15) is 0 Å². The number of urea groups is 1. The van der Waals surface area contributed by atoms with Crippen LogP contribution < -0.4 is 26.7 Å². The van der Waals surface area contributed by atoms with Crippen molar-refractivity contribution in [3.8, 4) is 5.75 Å². The molecule has 9 nitrogen and oxygen atoms in total. The summed E-state index contributed by atoms with van der Waals surface area (Å²) in [6, 6.07) is 4.23. The second kappa shape index (κ2) is 11.1. The van der Waals surface area contributed by atoms with E-state index in [1.807, 2.05) is 0 Å². The van der Waals surface area contributed by atoms with E-state index in [4.69, 9.17) is 5.73 Å². The van der Waals surface area contributed by atoms with Gasteiger partial charge in [0.2, 0.25) is 5.95 Å². The largest absolute Gasteiger partial charge is 0.573 e. The lowest BCUT2D eigenvalue weighted by atomic mass is 9.94. The summed E-state index contributed by atoms with van der Waals surface area (Å²) in [6.45, 7) is 3.41. The molecule has 1 aromatic carbocycles. The van der Waals surface area contributed by atoms with Crippen molar-refractivity contribution in [2.75, 3.05) is 36.8 Å². The number of rotatable bonds is 7. The Bertz CT molecular complexity index is 998. The fraction of sp³-hybridized carbons (Fsp3) is 0.476. The van der Waals surface area contributed by atoms with Gasteiger partial charge in [0.15, 0.2) is 5.75 Å². The van der Waals surface area contributed by atoms with E-state index in [9.17, 15) is 22.8 Å². The van der Waals surface area contributed by atoms with Gasteiger partial charge in [-0.1, -0.05) is 12.1 Å². The molecule has 0 bridgehead atoms. The van der Waals surface area contributed by atoms with Gasteiger partial charge in [0.05, 0.1) is 5.69 Å². The minimum atomic E-state index is -4.91. The summed E-state index contributed by atoms with van der Waals surface area (Å²) in [7, 11) is 0. The molecule has 2 aromatic rings. The first-order valence-corrected chi connectivity index (χ1v) is 10.7. The van der Waals surface area contributed by atoms with Crippen LogP contribution in [0.1, 0.15) is 37.2 Å². The number of carbonyl (C=O) groups is 1. The van der Waals surface area contributed by atoms with Crippen LogP contribution in [0.3, 0.4) is 0 Å². The Morgan fingerprint density at radius 2 is 2.03 bits per heavy atom. The second-order valence-corrected chi connectivity index (χ2v) is 7.74. The molecule has 1 aromatic heterocycles. The number of ether oxygens (including phenoxy) is 1. The van der Waals surface area contributed by atoms with Crippen molar-refractivity contribution in [1.82, 2.24) is 14.9 Å². The molecule has 0 radical (unpaired) electrons. The molecule has 1 fully saturated rings. The van der Waals surface area contributed by atoms with Crippen LogP contribution in [0.15, 0.2) is 35.3 Å². The van der Waals surface area contributed by atoms with Crippen molar-refractivity contribution in [2.24, 2.45) is 5.73 Å². The Hall–Kier alpha value is -3.12. The quantitative estimate of drug-likeness (QED) is 0.495. The highest BCUT2D eigenvalue weighted by Crippen LogP contribution is 2.30. The van der Waals surface area contributed by atoms with Crippen LogP contribution in [-0.2, 0) is 0 Å². The van der Waals surface area contributed by atoms with E-state index in [2.05, 4.69) is 30.2 Å². The molecule has 0 spiro atoms. The molecule has 0 aliphatic carbocycles. The van der Waals surface area contributed by atoms with Gasteiger partial charge in [-0.15, -0.1) is 13.2 Å². The van der Waals surface area contributed by atoms with Gasteiger partial charge in [0.25, 0.3) is 5.56 Å². The van der Waals surface area contributed by atoms with E-state index in [0.29, 0.717) is 12.1 Å². The van der Waals surface area contributed by atoms with E-state index in [1.54, 1.807) is 0 Å². The Morgan fingerprint density at radius 3 is 2.76 bits per heavy atom. The number of likely N-dealkylation sites (tertiary alicyclic amines) is 1. The first-order valence-electron chi connectivity index (χ1n) is 10.7. The summed E-state index contributed by atoms with van der Waals surface area (Å²) < 4.78 is 41.5. The lowest BCUT2D eigenvalue weighted by molar-refractivity contribution is -0.274. The number of halogens is 3. The number of alkyl halides is 3. The summed E-state index contributed by atoms with van der Waals surface area (Å²) in [4.78, 5) is 33.8. The minimum absolute atomic E-state index is 0.0541. The zero-order chi connectivity index (χ0) is 23.8. The molecule has 0 saturated carbocycles. The maximum absolute atomic E-state index is 12.6. The maximum Gasteiger partial charge on any atom is 0.573 e. The highest BCUT2D eigenvalue weighted by Gasteiger charge is 2.32. The minimum Gasteiger partial charge on any atom is -0.404 e. The highest BCUT2D eigenvalue weighted by atomic mass is 19.4. The Morgan fingerprint density at radius 1 is 1.24 bits per heavy atom. The molecule has 2 heterocycles. The number of carbonyl (C=O) groups excluding carboxylic acids is 1. The topological polar surface area (TPSA) is 125 Å². The number of benzene rings is 1. The summed E-state index contributed by atoms with van der Waals surface area (Å²) in [5, 5.41) is 4.58. The number of para-hydroxylation sites is 2. The Kier molecular flexibility index (Phi) is 8.28. The van der Waals surface area contributed by atoms with Gasteiger partial charge in [-0.25, -0.2) is 4.79 Å². The predicted octanol–water partition coefficient (Wildman–Crippen LogP) is 3.23. The number of aromatic nitrogens is 2. The Balaban J connectivity index is 1.62. The van der Waals surface area contributed by atoms with E-state index in [0.717, 1.165) is 51.4 Å². The van der Waals surface area contributed by atoms with Gasteiger partial charge in [-0.3, -0.25) is 10.1 Å².